The Balaban J connectivity index is 1.56. The Labute approximate surface area is 131 Å². The van der Waals surface area contributed by atoms with Gasteiger partial charge in [0.05, 0.1) is 6.54 Å². The maximum Gasteiger partial charge on any atom is 0.254 e. The van der Waals surface area contributed by atoms with E-state index in [0.717, 1.165) is 17.0 Å². The Hall–Kier alpha value is -2.74. The molecule has 2 aromatic heterocycles. The molecule has 1 aliphatic rings. The van der Waals surface area contributed by atoms with Crippen molar-refractivity contribution in [2.75, 3.05) is 13.7 Å². The number of carbonyl (C=O) groups is 1. The number of oxazole rings is 1. The number of benzene rings is 1. The number of amides is 1. The molecule has 0 atom stereocenters. The minimum atomic E-state index is -0.0446. The predicted molar refractivity (Wildman–Crippen MR) is 79.5 cm³/mol. The summed E-state index contributed by atoms with van der Waals surface area (Å²) in [5.41, 5.74) is 2.81. The van der Waals surface area contributed by atoms with Gasteiger partial charge in [-0.15, -0.1) is 0 Å². The van der Waals surface area contributed by atoms with Crippen molar-refractivity contribution in [3.63, 3.8) is 0 Å². The number of methoxy groups -OCH3 is 1. The van der Waals surface area contributed by atoms with Crippen molar-refractivity contribution >= 4 is 16.9 Å². The number of rotatable bonds is 3. The van der Waals surface area contributed by atoms with E-state index in [4.69, 9.17) is 9.15 Å². The van der Waals surface area contributed by atoms with Gasteiger partial charge in [-0.2, -0.15) is 15.4 Å². The number of aromatic nitrogens is 4. The van der Waals surface area contributed by atoms with Crippen molar-refractivity contribution < 1.29 is 13.9 Å². The molecule has 23 heavy (non-hydrogen) atoms. The van der Waals surface area contributed by atoms with Crippen LogP contribution in [0.25, 0.3) is 11.0 Å². The lowest BCUT2D eigenvalue weighted by atomic mass is 10.1. The minimum absolute atomic E-state index is 0.0446. The third kappa shape index (κ3) is 2.46. The molecule has 8 nitrogen and oxygen atoms in total. The lowest BCUT2D eigenvalue weighted by molar-refractivity contribution is 0.0727. The second kappa shape index (κ2) is 5.47. The number of ether oxygens (including phenoxy) is 1. The summed E-state index contributed by atoms with van der Waals surface area (Å²) in [6, 6.07) is 5.30. The molecule has 3 heterocycles. The molecule has 118 valence electrons. The number of carbonyl (C=O) groups excluding carboxylic acids is 1. The largest absolute Gasteiger partial charge is 0.443 e. The van der Waals surface area contributed by atoms with Crippen molar-refractivity contribution in [3.8, 4) is 0 Å². The lowest BCUT2D eigenvalue weighted by Gasteiger charge is -2.25. The van der Waals surface area contributed by atoms with Crippen molar-refractivity contribution in [1.82, 2.24) is 25.3 Å². The minimum Gasteiger partial charge on any atom is -0.443 e. The number of hydrogen-bond acceptors (Lipinski definition) is 6. The molecule has 0 saturated heterocycles. The molecule has 1 N–H and O–H groups in total. The fourth-order valence-corrected chi connectivity index (χ4v) is 2.77. The Kier molecular flexibility index (Phi) is 3.30. The van der Waals surface area contributed by atoms with Crippen molar-refractivity contribution in [3.05, 3.63) is 41.1 Å². The van der Waals surface area contributed by atoms with E-state index >= 15 is 0 Å². The summed E-state index contributed by atoms with van der Waals surface area (Å²) in [6.45, 7) is 1.38. The first kappa shape index (κ1) is 13.9. The fraction of sp³-hybridized carbons (Fsp3) is 0.333. The summed E-state index contributed by atoms with van der Waals surface area (Å²) in [4.78, 5) is 18.9. The van der Waals surface area contributed by atoms with Crippen LogP contribution < -0.4 is 0 Å². The van der Waals surface area contributed by atoms with E-state index < -0.39 is 0 Å². The topological polar surface area (TPSA) is 97.1 Å². The first-order valence-corrected chi connectivity index (χ1v) is 7.31. The molecule has 1 aliphatic heterocycles. The highest BCUT2D eigenvalue weighted by molar-refractivity contribution is 5.97. The molecule has 0 radical (unpaired) electrons. The highest BCUT2D eigenvalue weighted by Crippen LogP contribution is 2.22. The van der Waals surface area contributed by atoms with Crippen LogP contribution in [0.1, 0.15) is 27.7 Å². The fourth-order valence-electron chi connectivity index (χ4n) is 2.77. The summed E-state index contributed by atoms with van der Waals surface area (Å²) < 4.78 is 10.7. The first-order chi connectivity index (χ1) is 11.2. The van der Waals surface area contributed by atoms with Crippen LogP contribution in [0, 0.1) is 0 Å². The van der Waals surface area contributed by atoms with Gasteiger partial charge in [-0.25, -0.2) is 4.98 Å². The molecular formula is C15H15N5O3. The average molecular weight is 313 g/mol. The number of nitrogens with one attached hydrogen (secondary N) is 1. The molecule has 0 unspecified atom stereocenters. The molecule has 0 spiro atoms. The van der Waals surface area contributed by atoms with Crippen LogP contribution in [0.4, 0.5) is 0 Å². The highest BCUT2D eigenvalue weighted by atomic mass is 16.5. The van der Waals surface area contributed by atoms with E-state index in [9.17, 15) is 4.79 Å². The van der Waals surface area contributed by atoms with Crippen LogP contribution in [-0.4, -0.2) is 44.9 Å². The van der Waals surface area contributed by atoms with Crippen molar-refractivity contribution in [2.45, 2.75) is 19.6 Å². The molecule has 3 aromatic rings. The molecule has 0 aliphatic carbocycles. The third-order valence-electron chi connectivity index (χ3n) is 3.89. The lowest BCUT2D eigenvalue weighted by Crippen LogP contribution is -2.35. The Morgan fingerprint density at radius 3 is 3.13 bits per heavy atom. The molecule has 0 bridgehead atoms. The normalized spacial score (nSPS) is 14.2. The van der Waals surface area contributed by atoms with Gasteiger partial charge in [0.15, 0.2) is 0 Å². The van der Waals surface area contributed by atoms with Crippen LogP contribution in [0.2, 0.25) is 0 Å². The first-order valence-electron chi connectivity index (χ1n) is 7.31. The van der Waals surface area contributed by atoms with Crippen LogP contribution in [0.5, 0.6) is 0 Å². The van der Waals surface area contributed by atoms with Crippen molar-refractivity contribution in [1.29, 1.82) is 0 Å². The SMILES string of the molecule is COCc1nc2c(o1)CCN(C(=O)c1ccc3n[nH]nc3c1)C2. The summed E-state index contributed by atoms with van der Waals surface area (Å²) in [5.74, 6) is 1.35. The maximum absolute atomic E-state index is 12.7. The van der Waals surface area contributed by atoms with E-state index in [1.807, 2.05) is 0 Å². The van der Waals surface area contributed by atoms with Crippen LogP contribution >= 0.6 is 0 Å². The second-order valence-electron chi connectivity index (χ2n) is 5.41. The summed E-state index contributed by atoms with van der Waals surface area (Å²) in [5, 5.41) is 10.6. The zero-order chi connectivity index (χ0) is 15.8. The molecule has 0 saturated carbocycles. The summed E-state index contributed by atoms with van der Waals surface area (Å²) in [6.07, 6.45) is 0.657. The van der Waals surface area contributed by atoms with Crippen LogP contribution in [0.15, 0.2) is 22.6 Å². The van der Waals surface area contributed by atoms with Crippen LogP contribution in [0.3, 0.4) is 0 Å². The molecule has 0 fully saturated rings. The monoisotopic (exact) mass is 313 g/mol. The molecule has 1 aromatic carbocycles. The summed E-state index contributed by atoms with van der Waals surface area (Å²) >= 11 is 0. The Morgan fingerprint density at radius 2 is 2.26 bits per heavy atom. The Morgan fingerprint density at radius 1 is 1.39 bits per heavy atom. The van der Waals surface area contributed by atoms with E-state index in [1.54, 1.807) is 30.2 Å². The van der Waals surface area contributed by atoms with E-state index in [0.29, 0.717) is 43.1 Å². The number of hydrogen-bond donors (Lipinski definition) is 1. The third-order valence-corrected chi connectivity index (χ3v) is 3.89. The molecule has 1 amide bonds. The van der Waals surface area contributed by atoms with Gasteiger partial charge in [-0.05, 0) is 18.2 Å². The number of aromatic amines is 1. The number of fused-ring (bicyclic) bond motifs is 2. The van der Waals surface area contributed by atoms with E-state index in [1.165, 1.54) is 0 Å². The van der Waals surface area contributed by atoms with Gasteiger partial charge in [-0.3, -0.25) is 4.79 Å². The van der Waals surface area contributed by atoms with Gasteiger partial charge >= 0.3 is 0 Å². The van der Waals surface area contributed by atoms with E-state index in [-0.39, 0.29) is 5.91 Å². The number of nitrogens with zero attached hydrogens (tertiary/aromatic N) is 4. The highest BCUT2D eigenvalue weighted by Gasteiger charge is 2.26. The Bertz CT molecular complexity index is 869. The quantitative estimate of drug-likeness (QED) is 0.782. The van der Waals surface area contributed by atoms with E-state index in [2.05, 4.69) is 20.4 Å². The van der Waals surface area contributed by atoms with Gasteiger partial charge in [-0.1, -0.05) is 0 Å². The second-order valence-corrected chi connectivity index (χ2v) is 5.41. The molecule has 8 heteroatoms. The standard InChI is InChI=1S/C15H15N5O3/c1-22-8-14-16-12-7-20(5-4-13(12)23-14)15(21)9-2-3-10-11(6-9)18-19-17-10/h2-3,6H,4-5,7-8H2,1H3,(H,17,18,19). The van der Waals surface area contributed by atoms with Gasteiger partial charge in [0.25, 0.3) is 5.91 Å². The average Bonchev–Trinajstić information content (AvgIpc) is 3.18. The van der Waals surface area contributed by atoms with Gasteiger partial charge in [0.2, 0.25) is 5.89 Å². The van der Waals surface area contributed by atoms with Gasteiger partial charge < -0.3 is 14.1 Å². The molecule has 4 rings (SSSR count). The molecular weight excluding hydrogens is 298 g/mol. The van der Waals surface area contributed by atoms with Crippen molar-refractivity contribution in [2.24, 2.45) is 0 Å². The summed E-state index contributed by atoms with van der Waals surface area (Å²) in [7, 11) is 1.60. The van der Waals surface area contributed by atoms with Crippen LogP contribution in [-0.2, 0) is 24.3 Å². The predicted octanol–water partition coefficient (Wildman–Crippen LogP) is 1.29. The maximum atomic E-state index is 12.7. The zero-order valence-corrected chi connectivity index (χ0v) is 12.6. The zero-order valence-electron chi connectivity index (χ0n) is 12.6. The van der Waals surface area contributed by atoms with Gasteiger partial charge in [0.1, 0.15) is 29.1 Å². The van der Waals surface area contributed by atoms with Gasteiger partial charge in [0, 0.05) is 25.6 Å². The smallest absolute Gasteiger partial charge is 0.254 e. The number of H-pyrrole nitrogens is 1.